The highest BCUT2D eigenvalue weighted by atomic mass is 35.5. The smallest absolute Gasteiger partial charge is 0.227 e. The predicted octanol–water partition coefficient (Wildman–Crippen LogP) is 6.08. The molecular formula is C28H28ClN3O3. The topological polar surface area (TPSA) is 56.6 Å². The monoisotopic (exact) mass is 489 g/mol. The van der Waals surface area contributed by atoms with Crippen LogP contribution in [0.1, 0.15) is 31.5 Å². The van der Waals surface area contributed by atoms with E-state index >= 15 is 0 Å². The van der Waals surface area contributed by atoms with E-state index in [0.717, 1.165) is 41.3 Å². The summed E-state index contributed by atoms with van der Waals surface area (Å²) in [6, 6.07) is 23.3. The molecule has 1 aromatic heterocycles. The number of rotatable bonds is 9. The Bertz CT molecular complexity index is 1340. The number of amides is 1. The molecule has 2 heterocycles. The van der Waals surface area contributed by atoms with Crippen molar-refractivity contribution >= 4 is 34.2 Å². The molecule has 0 bridgehead atoms. The van der Waals surface area contributed by atoms with Gasteiger partial charge in [-0.05, 0) is 49.7 Å². The number of imidazole rings is 1. The van der Waals surface area contributed by atoms with Gasteiger partial charge in [-0.2, -0.15) is 0 Å². The van der Waals surface area contributed by atoms with Crippen molar-refractivity contribution in [2.75, 3.05) is 24.7 Å². The van der Waals surface area contributed by atoms with Crippen molar-refractivity contribution in [2.45, 2.75) is 32.2 Å². The second kappa shape index (κ2) is 10.4. The summed E-state index contributed by atoms with van der Waals surface area (Å²) < 4.78 is 13.9. The van der Waals surface area contributed by atoms with Gasteiger partial charge in [0.25, 0.3) is 0 Å². The van der Waals surface area contributed by atoms with Crippen molar-refractivity contribution in [1.82, 2.24) is 9.55 Å². The van der Waals surface area contributed by atoms with Crippen LogP contribution in [0.25, 0.3) is 11.0 Å². The highest BCUT2D eigenvalue weighted by molar-refractivity contribution is 6.32. The van der Waals surface area contributed by atoms with Crippen LogP contribution < -0.4 is 14.4 Å². The number of anilines is 1. The fourth-order valence-electron chi connectivity index (χ4n) is 4.68. The number of ether oxygens (including phenoxy) is 2. The number of aryl methyl sites for hydroxylation is 1. The number of aromatic nitrogens is 2. The Morgan fingerprint density at radius 2 is 1.71 bits per heavy atom. The zero-order valence-electron chi connectivity index (χ0n) is 19.7. The van der Waals surface area contributed by atoms with Gasteiger partial charge in [0.1, 0.15) is 17.3 Å². The SMILES string of the molecule is CCOc1ccccc1N1C[C@H](c2nc3ccccc3n2CCCOc2ccccc2Cl)CC1=O. The van der Waals surface area contributed by atoms with E-state index in [-0.39, 0.29) is 11.8 Å². The van der Waals surface area contributed by atoms with Gasteiger partial charge in [0, 0.05) is 25.4 Å². The van der Waals surface area contributed by atoms with E-state index in [0.29, 0.717) is 37.0 Å². The third-order valence-corrected chi connectivity index (χ3v) is 6.56. The van der Waals surface area contributed by atoms with E-state index in [2.05, 4.69) is 10.6 Å². The third-order valence-electron chi connectivity index (χ3n) is 6.25. The fourth-order valence-corrected chi connectivity index (χ4v) is 4.87. The van der Waals surface area contributed by atoms with E-state index in [4.69, 9.17) is 26.1 Å². The van der Waals surface area contributed by atoms with Gasteiger partial charge in [-0.3, -0.25) is 4.79 Å². The molecule has 1 amide bonds. The molecule has 0 radical (unpaired) electrons. The lowest BCUT2D eigenvalue weighted by Gasteiger charge is -2.20. The summed E-state index contributed by atoms with van der Waals surface area (Å²) in [5.41, 5.74) is 2.83. The zero-order valence-corrected chi connectivity index (χ0v) is 20.4. The van der Waals surface area contributed by atoms with Crippen LogP contribution in [0, 0.1) is 0 Å². The summed E-state index contributed by atoms with van der Waals surface area (Å²) in [4.78, 5) is 19.9. The lowest BCUT2D eigenvalue weighted by molar-refractivity contribution is -0.117. The van der Waals surface area contributed by atoms with Crippen molar-refractivity contribution < 1.29 is 14.3 Å². The summed E-state index contributed by atoms with van der Waals surface area (Å²) in [5.74, 6) is 2.44. The molecule has 1 saturated heterocycles. The van der Waals surface area contributed by atoms with Crippen LogP contribution in [0.15, 0.2) is 72.8 Å². The minimum absolute atomic E-state index is 0.00549. The summed E-state index contributed by atoms with van der Waals surface area (Å²) in [6.45, 7) is 4.34. The Kier molecular flexibility index (Phi) is 6.91. The van der Waals surface area contributed by atoms with E-state index in [9.17, 15) is 4.79 Å². The van der Waals surface area contributed by atoms with Gasteiger partial charge in [-0.1, -0.05) is 48.0 Å². The molecule has 6 nitrogen and oxygen atoms in total. The first-order chi connectivity index (χ1) is 17.2. The molecule has 35 heavy (non-hydrogen) atoms. The third kappa shape index (κ3) is 4.84. The Hall–Kier alpha value is -3.51. The average Bonchev–Trinajstić information content (AvgIpc) is 3.44. The van der Waals surface area contributed by atoms with Crippen LogP contribution >= 0.6 is 11.6 Å². The molecule has 0 unspecified atom stereocenters. The highest BCUT2D eigenvalue weighted by Gasteiger charge is 2.35. The highest BCUT2D eigenvalue weighted by Crippen LogP contribution is 2.37. The van der Waals surface area contributed by atoms with Gasteiger partial charge in [-0.25, -0.2) is 4.98 Å². The molecule has 0 spiro atoms. The molecule has 4 aromatic rings. The van der Waals surface area contributed by atoms with Gasteiger partial charge >= 0.3 is 0 Å². The first-order valence-electron chi connectivity index (χ1n) is 12.0. The van der Waals surface area contributed by atoms with Crippen molar-refractivity contribution in [1.29, 1.82) is 0 Å². The average molecular weight is 490 g/mol. The van der Waals surface area contributed by atoms with Crippen LogP contribution in [0.3, 0.4) is 0 Å². The lowest BCUT2D eigenvalue weighted by atomic mass is 10.1. The summed E-state index contributed by atoms with van der Waals surface area (Å²) in [5, 5.41) is 0.609. The number of hydrogen-bond donors (Lipinski definition) is 0. The van der Waals surface area contributed by atoms with Crippen LogP contribution in [0.4, 0.5) is 5.69 Å². The maximum absolute atomic E-state index is 13.1. The van der Waals surface area contributed by atoms with Gasteiger partial charge in [0.05, 0.1) is 35.0 Å². The zero-order chi connectivity index (χ0) is 24.2. The maximum Gasteiger partial charge on any atom is 0.227 e. The number of nitrogens with zero attached hydrogens (tertiary/aromatic N) is 3. The minimum atomic E-state index is -0.00549. The van der Waals surface area contributed by atoms with Crippen molar-refractivity contribution in [3.05, 3.63) is 83.6 Å². The summed E-state index contributed by atoms with van der Waals surface area (Å²) >= 11 is 6.22. The number of benzene rings is 3. The normalized spacial score (nSPS) is 15.7. The standard InChI is InChI=1S/C28H28ClN3O3/c1-2-34-26-15-8-6-13-24(26)32-19-20(18-27(32)33)28-30-22-11-4-5-12-23(22)31(28)16-9-17-35-25-14-7-3-10-21(25)29/h3-8,10-15,20H,2,9,16-19H2,1H3/t20-/m1/s1. The molecule has 0 N–H and O–H groups in total. The molecular weight excluding hydrogens is 462 g/mol. The lowest BCUT2D eigenvalue weighted by Crippen LogP contribution is -2.25. The summed E-state index contributed by atoms with van der Waals surface area (Å²) in [6.07, 6.45) is 1.20. The summed E-state index contributed by atoms with van der Waals surface area (Å²) in [7, 11) is 0. The van der Waals surface area contributed by atoms with E-state index < -0.39 is 0 Å². The Morgan fingerprint density at radius 1 is 0.971 bits per heavy atom. The van der Waals surface area contributed by atoms with Crippen molar-refractivity contribution in [2.24, 2.45) is 0 Å². The van der Waals surface area contributed by atoms with Crippen LogP contribution in [0.2, 0.25) is 5.02 Å². The molecule has 1 fully saturated rings. The second-order valence-electron chi connectivity index (χ2n) is 8.55. The number of halogens is 1. The van der Waals surface area contributed by atoms with E-state index in [1.807, 2.05) is 78.6 Å². The molecule has 3 aromatic carbocycles. The number of carbonyl (C=O) groups is 1. The molecule has 180 valence electrons. The van der Waals surface area contributed by atoms with E-state index in [1.165, 1.54) is 0 Å². The first kappa shape index (κ1) is 23.2. The number of fused-ring (bicyclic) bond motifs is 1. The number of para-hydroxylation sites is 5. The van der Waals surface area contributed by atoms with Crippen LogP contribution in [0.5, 0.6) is 11.5 Å². The van der Waals surface area contributed by atoms with E-state index in [1.54, 1.807) is 0 Å². The number of hydrogen-bond acceptors (Lipinski definition) is 4. The Morgan fingerprint density at radius 3 is 2.54 bits per heavy atom. The first-order valence-corrected chi connectivity index (χ1v) is 12.4. The number of carbonyl (C=O) groups excluding carboxylic acids is 1. The maximum atomic E-state index is 13.1. The minimum Gasteiger partial charge on any atom is -0.492 e. The molecule has 0 saturated carbocycles. The molecule has 1 atom stereocenters. The van der Waals surface area contributed by atoms with Gasteiger partial charge in [0.15, 0.2) is 0 Å². The fraction of sp³-hybridized carbons (Fsp3) is 0.286. The molecule has 1 aliphatic rings. The van der Waals surface area contributed by atoms with Gasteiger partial charge in [-0.15, -0.1) is 0 Å². The Balaban J connectivity index is 1.36. The van der Waals surface area contributed by atoms with Crippen molar-refractivity contribution in [3.8, 4) is 11.5 Å². The molecule has 5 rings (SSSR count). The largest absolute Gasteiger partial charge is 0.492 e. The molecule has 1 aliphatic heterocycles. The molecule has 0 aliphatic carbocycles. The Labute approximate surface area is 210 Å². The second-order valence-corrected chi connectivity index (χ2v) is 8.96. The van der Waals surface area contributed by atoms with Gasteiger partial charge in [0.2, 0.25) is 5.91 Å². The van der Waals surface area contributed by atoms with Gasteiger partial charge < -0.3 is 18.9 Å². The molecule has 7 heteroatoms. The van der Waals surface area contributed by atoms with Crippen LogP contribution in [-0.2, 0) is 11.3 Å². The quantitative estimate of drug-likeness (QED) is 0.267. The van der Waals surface area contributed by atoms with Crippen molar-refractivity contribution in [3.63, 3.8) is 0 Å². The predicted molar refractivity (Wildman–Crippen MR) is 139 cm³/mol. The van der Waals surface area contributed by atoms with Crippen LogP contribution in [-0.4, -0.2) is 35.2 Å².